The number of aromatic nitrogens is 1. The van der Waals surface area contributed by atoms with Crippen LogP contribution >= 0.6 is 11.6 Å². The number of rotatable bonds is 3. The smallest absolute Gasteiger partial charge is 0.135 e. The molecule has 2 rings (SSSR count). The SMILES string of the molecule is Cc1cc(Oc2cccc(F)c2)c(CCl)cn1. The van der Waals surface area contributed by atoms with Gasteiger partial charge in [0.2, 0.25) is 0 Å². The molecule has 0 unspecified atom stereocenters. The fraction of sp³-hybridized carbons (Fsp3) is 0.154. The zero-order valence-corrected chi connectivity index (χ0v) is 10.0. The van der Waals surface area contributed by atoms with E-state index in [0.717, 1.165) is 11.3 Å². The van der Waals surface area contributed by atoms with E-state index in [1.165, 1.54) is 12.1 Å². The first-order valence-electron chi connectivity index (χ1n) is 5.14. The van der Waals surface area contributed by atoms with Crippen molar-refractivity contribution in [2.24, 2.45) is 0 Å². The summed E-state index contributed by atoms with van der Waals surface area (Å²) in [6, 6.07) is 7.76. The number of hydrogen-bond donors (Lipinski definition) is 0. The third-order valence-corrected chi connectivity index (χ3v) is 2.54. The summed E-state index contributed by atoms with van der Waals surface area (Å²) in [6.07, 6.45) is 1.66. The third kappa shape index (κ3) is 2.94. The number of nitrogens with zero attached hydrogens (tertiary/aromatic N) is 1. The second kappa shape index (κ2) is 5.15. The van der Waals surface area contributed by atoms with Crippen LogP contribution in [-0.2, 0) is 5.88 Å². The first-order valence-corrected chi connectivity index (χ1v) is 5.67. The van der Waals surface area contributed by atoms with E-state index in [9.17, 15) is 4.39 Å². The van der Waals surface area contributed by atoms with Crippen LogP contribution in [0.5, 0.6) is 11.5 Å². The molecule has 0 aliphatic rings. The van der Waals surface area contributed by atoms with Gasteiger partial charge in [-0.25, -0.2) is 4.39 Å². The van der Waals surface area contributed by atoms with Crippen molar-refractivity contribution in [3.05, 3.63) is 53.6 Å². The van der Waals surface area contributed by atoms with Gasteiger partial charge in [-0.3, -0.25) is 4.98 Å². The van der Waals surface area contributed by atoms with Crippen LogP contribution in [0.2, 0.25) is 0 Å². The number of benzene rings is 1. The Morgan fingerprint density at radius 3 is 2.88 bits per heavy atom. The van der Waals surface area contributed by atoms with Crippen molar-refractivity contribution in [1.82, 2.24) is 4.98 Å². The Balaban J connectivity index is 2.32. The van der Waals surface area contributed by atoms with E-state index in [0.29, 0.717) is 17.4 Å². The maximum Gasteiger partial charge on any atom is 0.135 e. The first-order chi connectivity index (χ1) is 8.19. The van der Waals surface area contributed by atoms with Crippen LogP contribution in [0, 0.1) is 12.7 Å². The van der Waals surface area contributed by atoms with Gasteiger partial charge < -0.3 is 4.74 Å². The Morgan fingerprint density at radius 1 is 1.35 bits per heavy atom. The molecule has 0 saturated carbocycles. The molecule has 17 heavy (non-hydrogen) atoms. The number of pyridine rings is 1. The highest BCUT2D eigenvalue weighted by Gasteiger charge is 2.06. The highest BCUT2D eigenvalue weighted by atomic mass is 35.5. The predicted molar refractivity (Wildman–Crippen MR) is 65.0 cm³/mol. The molecule has 88 valence electrons. The molecule has 4 heteroatoms. The van der Waals surface area contributed by atoms with Crippen molar-refractivity contribution in [3.8, 4) is 11.5 Å². The Kier molecular flexibility index (Phi) is 3.59. The summed E-state index contributed by atoms with van der Waals surface area (Å²) in [7, 11) is 0. The molecule has 1 heterocycles. The summed E-state index contributed by atoms with van der Waals surface area (Å²) in [5.74, 6) is 1.03. The summed E-state index contributed by atoms with van der Waals surface area (Å²) in [6.45, 7) is 1.86. The molecule has 0 aliphatic carbocycles. The molecular weight excluding hydrogens is 241 g/mol. The maximum atomic E-state index is 13.0. The van der Waals surface area contributed by atoms with Gasteiger partial charge in [0.05, 0.1) is 5.88 Å². The Labute approximate surface area is 104 Å². The van der Waals surface area contributed by atoms with Gasteiger partial charge in [0.1, 0.15) is 17.3 Å². The van der Waals surface area contributed by atoms with Gasteiger partial charge in [-0.15, -0.1) is 11.6 Å². The van der Waals surface area contributed by atoms with E-state index in [4.69, 9.17) is 16.3 Å². The van der Waals surface area contributed by atoms with Crippen molar-refractivity contribution in [3.63, 3.8) is 0 Å². The molecule has 0 spiro atoms. The van der Waals surface area contributed by atoms with E-state index in [1.807, 2.05) is 6.92 Å². The molecule has 0 N–H and O–H groups in total. The van der Waals surface area contributed by atoms with Crippen LogP contribution < -0.4 is 4.74 Å². The fourth-order valence-electron chi connectivity index (χ4n) is 1.42. The van der Waals surface area contributed by atoms with Crippen LogP contribution in [0.1, 0.15) is 11.3 Å². The molecule has 0 atom stereocenters. The average Bonchev–Trinajstić information content (AvgIpc) is 2.29. The van der Waals surface area contributed by atoms with E-state index in [2.05, 4.69) is 4.98 Å². The molecule has 0 saturated heterocycles. The highest BCUT2D eigenvalue weighted by Crippen LogP contribution is 2.27. The molecule has 1 aromatic heterocycles. The molecule has 0 radical (unpaired) electrons. The second-order valence-electron chi connectivity index (χ2n) is 3.63. The lowest BCUT2D eigenvalue weighted by Crippen LogP contribution is -1.93. The normalized spacial score (nSPS) is 10.3. The number of halogens is 2. The summed E-state index contributed by atoms with van der Waals surface area (Å²) in [4.78, 5) is 4.13. The van der Waals surface area contributed by atoms with E-state index in [-0.39, 0.29) is 5.82 Å². The standard InChI is InChI=1S/C13H11ClFNO/c1-9-5-13(10(7-14)8-16-9)17-12-4-2-3-11(15)6-12/h2-6,8H,7H2,1H3. The van der Waals surface area contributed by atoms with Gasteiger partial charge >= 0.3 is 0 Å². The topological polar surface area (TPSA) is 22.1 Å². The minimum Gasteiger partial charge on any atom is -0.457 e. The summed E-state index contributed by atoms with van der Waals surface area (Å²) >= 11 is 5.79. The monoisotopic (exact) mass is 251 g/mol. The number of ether oxygens (including phenoxy) is 1. The van der Waals surface area contributed by atoms with Crippen LogP contribution in [0.15, 0.2) is 36.5 Å². The largest absolute Gasteiger partial charge is 0.457 e. The number of aryl methyl sites for hydroxylation is 1. The van der Waals surface area contributed by atoms with Gasteiger partial charge in [-0.1, -0.05) is 6.07 Å². The first kappa shape index (κ1) is 11.9. The number of alkyl halides is 1. The zero-order valence-electron chi connectivity index (χ0n) is 9.28. The summed E-state index contributed by atoms with van der Waals surface area (Å²) < 4.78 is 18.6. The van der Waals surface area contributed by atoms with Crippen molar-refractivity contribution in [2.75, 3.05) is 0 Å². The zero-order chi connectivity index (χ0) is 12.3. The summed E-state index contributed by atoms with van der Waals surface area (Å²) in [5.41, 5.74) is 1.60. The number of hydrogen-bond acceptors (Lipinski definition) is 2. The van der Waals surface area contributed by atoms with Crippen molar-refractivity contribution in [1.29, 1.82) is 0 Å². The minimum atomic E-state index is -0.333. The lowest BCUT2D eigenvalue weighted by molar-refractivity contribution is 0.471. The third-order valence-electron chi connectivity index (χ3n) is 2.25. The molecular formula is C13H11ClFNO. The Hall–Kier alpha value is -1.61. The van der Waals surface area contributed by atoms with E-state index in [1.54, 1.807) is 24.4 Å². The lowest BCUT2D eigenvalue weighted by Gasteiger charge is -2.09. The van der Waals surface area contributed by atoms with Crippen LogP contribution in [-0.4, -0.2) is 4.98 Å². The maximum absolute atomic E-state index is 13.0. The van der Waals surface area contributed by atoms with Gasteiger partial charge in [-0.2, -0.15) is 0 Å². The minimum absolute atomic E-state index is 0.304. The van der Waals surface area contributed by atoms with Gasteiger partial charge in [0, 0.05) is 29.6 Å². The van der Waals surface area contributed by atoms with E-state index < -0.39 is 0 Å². The molecule has 1 aromatic carbocycles. The molecule has 0 aliphatic heterocycles. The fourth-order valence-corrected chi connectivity index (χ4v) is 1.62. The van der Waals surface area contributed by atoms with Gasteiger partial charge in [-0.05, 0) is 19.1 Å². The van der Waals surface area contributed by atoms with E-state index >= 15 is 0 Å². The summed E-state index contributed by atoms with van der Waals surface area (Å²) in [5, 5.41) is 0. The van der Waals surface area contributed by atoms with Crippen LogP contribution in [0.25, 0.3) is 0 Å². The molecule has 0 amide bonds. The van der Waals surface area contributed by atoms with Crippen molar-refractivity contribution in [2.45, 2.75) is 12.8 Å². The lowest BCUT2D eigenvalue weighted by atomic mass is 10.2. The van der Waals surface area contributed by atoms with Crippen molar-refractivity contribution < 1.29 is 9.13 Å². The van der Waals surface area contributed by atoms with Crippen molar-refractivity contribution >= 4 is 11.6 Å². The van der Waals surface area contributed by atoms with Crippen LogP contribution in [0.3, 0.4) is 0 Å². The average molecular weight is 252 g/mol. The molecule has 2 aromatic rings. The molecule has 0 bridgehead atoms. The van der Waals surface area contributed by atoms with Gasteiger partial charge in [0.15, 0.2) is 0 Å². The quantitative estimate of drug-likeness (QED) is 0.768. The van der Waals surface area contributed by atoms with Crippen LogP contribution in [0.4, 0.5) is 4.39 Å². The second-order valence-corrected chi connectivity index (χ2v) is 3.89. The van der Waals surface area contributed by atoms with Gasteiger partial charge in [0.25, 0.3) is 0 Å². The Bertz CT molecular complexity index is 531. The Morgan fingerprint density at radius 2 is 2.18 bits per heavy atom. The highest BCUT2D eigenvalue weighted by molar-refractivity contribution is 6.17. The predicted octanol–water partition coefficient (Wildman–Crippen LogP) is 4.06. The molecule has 2 nitrogen and oxygen atoms in total. The molecule has 0 fully saturated rings.